The molecule has 4 saturated heterocycles. The molecular weight excluding hydrogens is 480 g/mol. The Bertz CT molecular complexity index is 1060. The summed E-state index contributed by atoms with van der Waals surface area (Å²) >= 11 is 0. The summed E-state index contributed by atoms with van der Waals surface area (Å²) in [6.45, 7) is 6.43. The molecule has 0 amide bonds. The molecule has 8 aliphatic rings. The number of allylic oxidation sites excluding steroid dienone is 1. The van der Waals surface area contributed by atoms with Gasteiger partial charge >= 0.3 is 11.9 Å². The highest BCUT2D eigenvalue weighted by Crippen LogP contribution is 2.82. The van der Waals surface area contributed by atoms with Crippen molar-refractivity contribution in [3.05, 3.63) is 11.6 Å². The minimum Gasteiger partial charge on any atom is -0.481 e. The Morgan fingerprint density at radius 2 is 1.97 bits per heavy atom. The molecular formula is C28H38O9. The topological polar surface area (TPSA) is 110 Å². The lowest BCUT2D eigenvalue weighted by Crippen LogP contribution is -2.66. The molecule has 9 nitrogen and oxygen atoms in total. The molecule has 3 saturated carbocycles. The second-order valence-corrected chi connectivity index (χ2v) is 12.9. The van der Waals surface area contributed by atoms with Crippen molar-refractivity contribution in [2.75, 3.05) is 20.8 Å². The molecule has 8 bridgehead atoms. The van der Waals surface area contributed by atoms with Gasteiger partial charge in [0.05, 0.1) is 12.0 Å². The van der Waals surface area contributed by atoms with Crippen molar-refractivity contribution in [1.82, 2.24) is 0 Å². The SMILES string of the molecule is COC1C2OC3(OCC45CC6C(C)CCC6C6(C=O)CC4C=C(C(C)C)C65C(=O)O)OC2OC1C3OC. The van der Waals surface area contributed by atoms with E-state index < -0.39 is 52.8 Å². The summed E-state index contributed by atoms with van der Waals surface area (Å²) in [5, 5.41) is 11.2. The molecule has 9 heteroatoms. The van der Waals surface area contributed by atoms with Crippen molar-refractivity contribution in [2.45, 2.75) is 83.1 Å². The third-order valence-corrected chi connectivity index (χ3v) is 11.6. The van der Waals surface area contributed by atoms with Gasteiger partial charge in [0.15, 0.2) is 12.4 Å². The van der Waals surface area contributed by atoms with E-state index in [9.17, 15) is 14.7 Å². The largest absolute Gasteiger partial charge is 0.481 e. The van der Waals surface area contributed by atoms with Gasteiger partial charge in [-0.1, -0.05) is 38.8 Å². The summed E-state index contributed by atoms with van der Waals surface area (Å²) < 4.78 is 36.5. The molecule has 0 aromatic rings. The van der Waals surface area contributed by atoms with E-state index in [4.69, 9.17) is 28.4 Å². The van der Waals surface area contributed by atoms with Gasteiger partial charge in [0, 0.05) is 19.6 Å². The van der Waals surface area contributed by atoms with Crippen LogP contribution in [-0.2, 0) is 38.0 Å². The molecule has 0 radical (unpaired) electrons. The minimum absolute atomic E-state index is 0.00177. The lowest BCUT2D eigenvalue weighted by atomic mass is 9.43. The first kappa shape index (κ1) is 24.7. The zero-order valence-electron chi connectivity index (χ0n) is 22.2. The fourth-order valence-electron chi connectivity index (χ4n) is 10.4. The molecule has 4 heterocycles. The van der Waals surface area contributed by atoms with Crippen LogP contribution in [0.1, 0.15) is 46.5 Å². The fraction of sp³-hybridized carbons (Fsp3) is 0.857. The first-order valence-electron chi connectivity index (χ1n) is 13.8. The van der Waals surface area contributed by atoms with E-state index in [0.29, 0.717) is 18.8 Å². The third-order valence-electron chi connectivity index (χ3n) is 11.6. The normalized spacial score (nSPS) is 56.3. The van der Waals surface area contributed by atoms with Crippen LogP contribution < -0.4 is 0 Å². The number of rotatable bonds is 8. The van der Waals surface area contributed by atoms with Gasteiger partial charge in [0.25, 0.3) is 0 Å². The maximum atomic E-state index is 13.6. The van der Waals surface area contributed by atoms with Crippen LogP contribution in [0, 0.1) is 45.8 Å². The highest BCUT2D eigenvalue weighted by molar-refractivity contribution is 5.90. The van der Waals surface area contributed by atoms with Crippen LogP contribution in [0.15, 0.2) is 11.6 Å². The zero-order valence-corrected chi connectivity index (χ0v) is 22.2. The maximum Gasteiger partial charge on any atom is 0.316 e. The van der Waals surface area contributed by atoms with E-state index >= 15 is 0 Å². The highest BCUT2D eigenvalue weighted by atomic mass is 17.0. The minimum atomic E-state index is -1.50. The predicted octanol–water partition coefficient (Wildman–Crippen LogP) is 2.77. The maximum absolute atomic E-state index is 13.6. The number of carbonyl (C=O) groups is 2. The first-order chi connectivity index (χ1) is 17.7. The van der Waals surface area contributed by atoms with Gasteiger partial charge in [-0.15, -0.1) is 0 Å². The number of hydrogen-bond acceptors (Lipinski definition) is 8. The van der Waals surface area contributed by atoms with Crippen LogP contribution in [0.25, 0.3) is 0 Å². The van der Waals surface area contributed by atoms with Crippen LogP contribution in [0.5, 0.6) is 0 Å². The Hall–Kier alpha value is -1.36. The number of carboxylic acids is 1. The van der Waals surface area contributed by atoms with Gasteiger partial charge in [0.2, 0.25) is 0 Å². The Labute approximate surface area is 217 Å². The number of aldehydes is 1. The second-order valence-electron chi connectivity index (χ2n) is 12.9. The Balaban J connectivity index is 1.32. The molecule has 0 aromatic carbocycles. The van der Waals surface area contributed by atoms with Gasteiger partial charge in [-0.05, 0) is 48.9 Å². The van der Waals surface area contributed by atoms with Crippen LogP contribution in [0.4, 0.5) is 0 Å². The summed E-state index contributed by atoms with van der Waals surface area (Å²) in [6.07, 6.45) is 3.86. The van der Waals surface area contributed by atoms with E-state index in [0.717, 1.165) is 24.7 Å². The fourth-order valence-corrected chi connectivity index (χ4v) is 10.4. The lowest BCUT2D eigenvalue weighted by molar-refractivity contribution is -0.450. The number of carbonyl (C=O) groups excluding carboxylic acids is 1. The van der Waals surface area contributed by atoms with Crippen molar-refractivity contribution in [3.8, 4) is 0 Å². The zero-order chi connectivity index (χ0) is 26.1. The highest BCUT2D eigenvalue weighted by Gasteiger charge is 2.85. The van der Waals surface area contributed by atoms with E-state index in [2.05, 4.69) is 13.0 Å². The van der Waals surface area contributed by atoms with Crippen molar-refractivity contribution in [2.24, 2.45) is 45.8 Å². The van der Waals surface area contributed by atoms with Crippen LogP contribution in [0.2, 0.25) is 0 Å². The van der Waals surface area contributed by atoms with E-state index in [-0.39, 0.29) is 36.4 Å². The molecule has 37 heavy (non-hydrogen) atoms. The molecule has 204 valence electrons. The molecule has 0 spiro atoms. The first-order valence-corrected chi connectivity index (χ1v) is 13.8. The Morgan fingerprint density at radius 3 is 2.62 bits per heavy atom. The van der Waals surface area contributed by atoms with Crippen molar-refractivity contribution in [3.63, 3.8) is 0 Å². The molecule has 0 aromatic heterocycles. The van der Waals surface area contributed by atoms with Crippen LogP contribution in [0.3, 0.4) is 0 Å². The van der Waals surface area contributed by atoms with Crippen LogP contribution in [-0.4, -0.2) is 74.9 Å². The second kappa shape index (κ2) is 7.64. The van der Waals surface area contributed by atoms with Crippen molar-refractivity contribution < 1.29 is 43.1 Å². The Morgan fingerprint density at radius 1 is 1.19 bits per heavy atom. The summed E-state index contributed by atoms with van der Waals surface area (Å²) in [7, 11) is 3.17. The summed E-state index contributed by atoms with van der Waals surface area (Å²) in [4.78, 5) is 26.9. The lowest BCUT2D eigenvalue weighted by Gasteiger charge is -2.58. The standard InChI is InChI=1S/C28H38O9/c1-13(2)18-8-15-9-25(11-29)17-7-6-14(3)16(17)10-26(15,27(18,25)24(30)31)12-34-28-22(33-5)20-19(32-4)21(36-28)23(35-20)37-28/h8,11,13-17,19-23H,6-7,9-10,12H2,1-5H3,(H,30,31). The average molecular weight is 519 g/mol. The van der Waals surface area contributed by atoms with Crippen LogP contribution >= 0.6 is 0 Å². The van der Waals surface area contributed by atoms with E-state index in [1.54, 1.807) is 14.2 Å². The number of fused-ring (bicyclic) bond motifs is 2. The molecule has 8 rings (SSSR count). The number of methoxy groups -OCH3 is 2. The van der Waals surface area contributed by atoms with Gasteiger partial charge < -0.3 is 33.6 Å². The molecule has 13 atom stereocenters. The summed E-state index contributed by atoms with van der Waals surface area (Å²) in [5.74, 6) is -1.69. The molecule has 13 unspecified atom stereocenters. The number of ether oxygens (including phenoxy) is 6. The average Bonchev–Trinajstić information content (AvgIpc) is 3.59. The molecule has 4 aliphatic carbocycles. The van der Waals surface area contributed by atoms with Gasteiger partial charge in [-0.2, -0.15) is 0 Å². The smallest absolute Gasteiger partial charge is 0.316 e. The molecule has 4 aliphatic heterocycles. The third kappa shape index (κ3) is 2.49. The number of hydrogen-bond donors (Lipinski definition) is 1. The van der Waals surface area contributed by atoms with E-state index in [1.165, 1.54) is 0 Å². The molecule has 7 fully saturated rings. The van der Waals surface area contributed by atoms with Gasteiger partial charge in [0.1, 0.15) is 30.0 Å². The van der Waals surface area contributed by atoms with E-state index in [1.807, 2.05) is 13.8 Å². The number of aliphatic carboxylic acids is 1. The monoisotopic (exact) mass is 518 g/mol. The van der Waals surface area contributed by atoms with Gasteiger partial charge in [-0.3, -0.25) is 9.53 Å². The van der Waals surface area contributed by atoms with Crippen molar-refractivity contribution in [1.29, 1.82) is 0 Å². The quantitative estimate of drug-likeness (QED) is 0.383. The number of carboxylic acid groups (broad SMARTS) is 1. The summed E-state index contributed by atoms with van der Waals surface area (Å²) in [5.41, 5.74) is -2.15. The van der Waals surface area contributed by atoms with Crippen molar-refractivity contribution >= 4 is 12.3 Å². The predicted molar refractivity (Wildman–Crippen MR) is 127 cm³/mol. The summed E-state index contributed by atoms with van der Waals surface area (Å²) in [6, 6.07) is 0. The Kier molecular flexibility index (Phi) is 5.09. The molecule has 1 N–H and O–H groups in total. The van der Waals surface area contributed by atoms with Gasteiger partial charge in [-0.25, -0.2) is 0 Å².